The first-order valence-electron chi connectivity index (χ1n) is 9.21. The van der Waals surface area contributed by atoms with Crippen LogP contribution in [0.4, 0.5) is 4.79 Å². The fraction of sp³-hybridized carbons (Fsp3) is 0.227. The molecule has 0 spiro atoms. The lowest BCUT2D eigenvalue weighted by atomic mass is 9.92. The molecule has 1 N–H and O–H groups in total. The molecule has 1 aliphatic heterocycles. The molecule has 1 aromatic heterocycles. The monoisotopic (exact) mass is 407 g/mol. The molecule has 1 saturated heterocycles. The van der Waals surface area contributed by atoms with E-state index in [4.69, 9.17) is 4.74 Å². The van der Waals surface area contributed by atoms with Crippen LogP contribution in [0.25, 0.3) is 10.6 Å². The van der Waals surface area contributed by atoms with E-state index >= 15 is 0 Å². The molecule has 0 aliphatic carbocycles. The summed E-state index contributed by atoms with van der Waals surface area (Å²) >= 11 is 1.50. The van der Waals surface area contributed by atoms with Crippen LogP contribution in [-0.2, 0) is 16.9 Å². The molecule has 7 heteroatoms. The van der Waals surface area contributed by atoms with Crippen LogP contribution < -0.4 is 10.1 Å². The Morgan fingerprint density at radius 1 is 1.17 bits per heavy atom. The second kappa shape index (κ2) is 7.33. The fourth-order valence-corrected chi connectivity index (χ4v) is 4.16. The zero-order chi connectivity index (χ0) is 20.6. The number of benzene rings is 2. The Morgan fingerprint density at radius 3 is 2.66 bits per heavy atom. The minimum atomic E-state index is -1.14. The topological polar surface area (TPSA) is 71.5 Å². The molecule has 6 nitrogen and oxygen atoms in total. The van der Waals surface area contributed by atoms with Crippen LogP contribution in [0.1, 0.15) is 23.7 Å². The maximum Gasteiger partial charge on any atom is 0.325 e. The SMILES string of the molecule is COc1cccc([C@@]2(C)NC(=O)N(Cc3csc(-c4ccc(C)cc4)n3)C2=O)c1. The van der Waals surface area contributed by atoms with Crippen LogP contribution in [0.15, 0.2) is 53.9 Å². The molecular formula is C22H21N3O3S. The number of carbonyl (C=O) groups is 2. The van der Waals surface area contributed by atoms with Crippen molar-refractivity contribution in [3.8, 4) is 16.3 Å². The third-order valence-corrected chi connectivity index (χ3v) is 6.03. The first kappa shape index (κ1) is 19.1. The predicted octanol–water partition coefficient (Wildman–Crippen LogP) is 4.09. The number of carbonyl (C=O) groups excluding carboxylic acids is 2. The highest BCUT2D eigenvalue weighted by Gasteiger charge is 2.49. The summed E-state index contributed by atoms with van der Waals surface area (Å²) in [6, 6.07) is 14.9. The van der Waals surface area contributed by atoms with Crippen LogP contribution in [-0.4, -0.2) is 28.9 Å². The van der Waals surface area contributed by atoms with Crippen molar-refractivity contribution < 1.29 is 14.3 Å². The summed E-state index contributed by atoms with van der Waals surface area (Å²) in [5.74, 6) is 0.326. The molecule has 3 aromatic rings. The van der Waals surface area contributed by atoms with E-state index in [-0.39, 0.29) is 12.5 Å². The van der Waals surface area contributed by atoms with Gasteiger partial charge in [0.05, 0.1) is 19.3 Å². The molecule has 0 unspecified atom stereocenters. The van der Waals surface area contributed by atoms with Gasteiger partial charge in [-0.1, -0.05) is 42.0 Å². The standard InChI is InChI=1S/C22H21N3O3S/c1-14-7-9-15(10-8-14)19-23-17(13-29-19)12-25-20(26)22(2,24-21(25)27)16-5-4-6-18(11-16)28-3/h4-11,13H,12H2,1-3H3,(H,24,27)/t22-/m1/s1. The first-order valence-corrected chi connectivity index (χ1v) is 10.1. The van der Waals surface area contributed by atoms with Crippen molar-refractivity contribution in [2.45, 2.75) is 25.9 Å². The number of urea groups is 1. The lowest BCUT2D eigenvalue weighted by Gasteiger charge is -2.22. The number of rotatable bonds is 5. The summed E-state index contributed by atoms with van der Waals surface area (Å²) in [7, 11) is 1.57. The molecule has 2 aromatic carbocycles. The van der Waals surface area contributed by atoms with Crippen molar-refractivity contribution >= 4 is 23.3 Å². The van der Waals surface area contributed by atoms with E-state index < -0.39 is 11.6 Å². The minimum absolute atomic E-state index is 0.132. The van der Waals surface area contributed by atoms with Gasteiger partial charge in [0.2, 0.25) is 0 Å². The van der Waals surface area contributed by atoms with Crippen molar-refractivity contribution in [2.75, 3.05) is 7.11 Å². The Hall–Kier alpha value is -3.19. The summed E-state index contributed by atoms with van der Waals surface area (Å²) in [4.78, 5) is 31.5. The zero-order valence-electron chi connectivity index (χ0n) is 16.4. The van der Waals surface area contributed by atoms with Gasteiger partial charge in [-0.3, -0.25) is 9.69 Å². The third-order valence-electron chi connectivity index (χ3n) is 5.09. The summed E-state index contributed by atoms with van der Waals surface area (Å²) in [5, 5.41) is 5.57. The van der Waals surface area contributed by atoms with E-state index in [0.29, 0.717) is 17.0 Å². The molecule has 148 valence electrons. The average molecular weight is 407 g/mol. The Labute approximate surface area is 173 Å². The predicted molar refractivity (Wildman–Crippen MR) is 112 cm³/mol. The summed E-state index contributed by atoms with van der Waals surface area (Å²) < 4.78 is 5.25. The Kier molecular flexibility index (Phi) is 4.84. The van der Waals surface area contributed by atoms with Crippen LogP contribution in [0.2, 0.25) is 0 Å². The number of aryl methyl sites for hydroxylation is 1. The summed E-state index contributed by atoms with van der Waals surface area (Å²) in [6.07, 6.45) is 0. The molecule has 4 rings (SSSR count). The van der Waals surface area contributed by atoms with E-state index in [0.717, 1.165) is 10.6 Å². The number of ether oxygens (including phenoxy) is 1. The van der Waals surface area contributed by atoms with Gasteiger partial charge in [0.15, 0.2) is 0 Å². The van der Waals surface area contributed by atoms with Gasteiger partial charge >= 0.3 is 6.03 Å². The van der Waals surface area contributed by atoms with Crippen molar-refractivity contribution in [3.63, 3.8) is 0 Å². The van der Waals surface area contributed by atoms with Gasteiger partial charge in [0.1, 0.15) is 16.3 Å². The number of imide groups is 1. The van der Waals surface area contributed by atoms with E-state index in [1.807, 2.05) is 42.6 Å². The van der Waals surface area contributed by atoms with Crippen molar-refractivity contribution in [2.24, 2.45) is 0 Å². The van der Waals surface area contributed by atoms with Crippen LogP contribution in [0.5, 0.6) is 5.75 Å². The van der Waals surface area contributed by atoms with E-state index in [2.05, 4.69) is 10.3 Å². The van der Waals surface area contributed by atoms with Gasteiger partial charge in [-0.25, -0.2) is 9.78 Å². The largest absolute Gasteiger partial charge is 0.497 e. The quantitative estimate of drug-likeness (QED) is 0.647. The molecule has 0 saturated carbocycles. The molecule has 2 heterocycles. The lowest BCUT2D eigenvalue weighted by molar-refractivity contribution is -0.131. The highest BCUT2D eigenvalue weighted by molar-refractivity contribution is 7.13. The zero-order valence-corrected chi connectivity index (χ0v) is 17.2. The van der Waals surface area contributed by atoms with Crippen molar-refractivity contribution in [1.82, 2.24) is 15.2 Å². The number of nitrogens with one attached hydrogen (secondary N) is 1. The molecule has 0 bridgehead atoms. The van der Waals surface area contributed by atoms with Crippen LogP contribution >= 0.6 is 11.3 Å². The number of thiazole rings is 1. The van der Waals surface area contributed by atoms with Gasteiger partial charge in [0, 0.05) is 10.9 Å². The Balaban J connectivity index is 1.56. The van der Waals surface area contributed by atoms with Gasteiger partial charge < -0.3 is 10.1 Å². The molecule has 29 heavy (non-hydrogen) atoms. The number of hydrogen-bond acceptors (Lipinski definition) is 5. The van der Waals surface area contributed by atoms with E-state index in [1.165, 1.54) is 21.8 Å². The number of aromatic nitrogens is 1. The third kappa shape index (κ3) is 3.49. The molecule has 0 radical (unpaired) electrons. The fourth-order valence-electron chi connectivity index (χ4n) is 3.34. The number of hydrogen-bond donors (Lipinski definition) is 1. The first-order chi connectivity index (χ1) is 13.9. The number of methoxy groups -OCH3 is 1. The molecule has 3 amide bonds. The molecular weight excluding hydrogens is 386 g/mol. The second-order valence-corrected chi connectivity index (χ2v) is 8.05. The van der Waals surface area contributed by atoms with Crippen molar-refractivity contribution in [1.29, 1.82) is 0 Å². The van der Waals surface area contributed by atoms with Crippen LogP contribution in [0, 0.1) is 6.92 Å². The van der Waals surface area contributed by atoms with E-state index in [9.17, 15) is 9.59 Å². The van der Waals surface area contributed by atoms with Gasteiger partial charge in [-0.2, -0.15) is 0 Å². The van der Waals surface area contributed by atoms with Gasteiger partial charge in [-0.05, 0) is 31.5 Å². The highest BCUT2D eigenvalue weighted by Crippen LogP contribution is 2.32. The summed E-state index contributed by atoms with van der Waals surface area (Å²) in [5.41, 5.74) is 2.42. The van der Waals surface area contributed by atoms with Gasteiger partial charge in [-0.15, -0.1) is 11.3 Å². The van der Waals surface area contributed by atoms with Crippen molar-refractivity contribution in [3.05, 3.63) is 70.7 Å². The maximum absolute atomic E-state index is 13.1. The average Bonchev–Trinajstić information content (AvgIpc) is 3.28. The van der Waals surface area contributed by atoms with Crippen LogP contribution in [0.3, 0.4) is 0 Å². The van der Waals surface area contributed by atoms with Gasteiger partial charge in [0.25, 0.3) is 5.91 Å². The Bertz CT molecular complexity index is 1080. The highest BCUT2D eigenvalue weighted by atomic mass is 32.1. The maximum atomic E-state index is 13.1. The minimum Gasteiger partial charge on any atom is -0.497 e. The summed E-state index contributed by atoms with van der Waals surface area (Å²) in [6.45, 7) is 3.88. The lowest BCUT2D eigenvalue weighted by Crippen LogP contribution is -2.40. The molecule has 1 fully saturated rings. The second-order valence-electron chi connectivity index (χ2n) is 7.19. The number of amides is 3. The smallest absolute Gasteiger partial charge is 0.325 e. The molecule has 1 aliphatic rings. The Morgan fingerprint density at radius 2 is 1.93 bits per heavy atom. The number of nitrogens with zero attached hydrogens (tertiary/aromatic N) is 2. The molecule has 1 atom stereocenters. The normalized spacial score (nSPS) is 18.8. The van der Waals surface area contributed by atoms with E-state index in [1.54, 1.807) is 32.2 Å².